The smallest absolute Gasteiger partial charge is 0.221 e. The van der Waals surface area contributed by atoms with Gasteiger partial charge in [0, 0.05) is 18.7 Å². The molecule has 0 amide bonds. The molecule has 1 saturated carbocycles. The number of nitrogens with one attached hydrogen (secondary N) is 1. The van der Waals surface area contributed by atoms with E-state index in [4.69, 9.17) is 11.6 Å². The summed E-state index contributed by atoms with van der Waals surface area (Å²) in [5.41, 5.74) is -0.101. The van der Waals surface area contributed by atoms with Crippen LogP contribution >= 0.6 is 11.6 Å². The Kier molecular flexibility index (Phi) is 2.03. The molecule has 1 aromatic rings. The first kappa shape index (κ1) is 9.52. The van der Waals surface area contributed by atoms with Crippen LogP contribution in [0.2, 0.25) is 5.15 Å². The van der Waals surface area contributed by atoms with Crippen molar-refractivity contribution in [1.29, 1.82) is 0 Å². The fourth-order valence-corrected chi connectivity index (χ4v) is 1.42. The van der Waals surface area contributed by atoms with Gasteiger partial charge < -0.3 is 5.32 Å². The molecule has 1 aromatic heterocycles. The fraction of sp³-hybridized carbons (Fsp3) is 0.556. The van der Waals surface area contributed by atoms with Crippen molar-refractivity contribution in [3.63, 3.8) is 0 Å². The summed E-state index contributed by atoms with van der Waals surface area (Å²) >= 11 is 5.60. The molecule has 0 atom stereocenters. The van der Waals surface area contributed by atoms with Crippen LogP contribution in [0, 0.1) is 0 Å². The molecule has 1 aliphatic rings. The van der Waals surface area contributed by atoms with E-state index in [0.29, 0.717) is 0 Å². The molecule has 0 spiro atoms. The van der Waals surface area contributed by atoms with Crippen molar-refractivity contribution in [3.8, 4) is 0 Å². The number of nitrogens with zero attached hydrogens (tertiary/aromatic N) is 2. The molecule has 0 bridgehead atoms. The van der Waals surface area contributed by atoms with Crippen LogP contribution < -0.4 is 10.7 Å². The zero-order chi connectivity index (χ0) is 10.3. The Balaban J connectivity index is 2.33. The standard InChI is InChI=1S/C9H12ClN3O/c1-9(3-4-9)11-7-5-6(14)8(10)12-13(7)2/h5,11H,3-4H2,1-2H3. The second-order valence-corrected chi connectivity index (χ2v) is 4.35. The normalized spacial score (nSPS) is 17.9. The predicted octanol–water partition coefficient (Wildman–Crippen LogP) is 1.40. The maximum Gasteiger partial charge on any atom is 0.221 e. The lowest BCUT2D eigenvalue weighted by Crippen LogP contribution is -2.22. The van der Waals surface area contributed by atoms with E-state index in [1.807, 2.05) is 0 Å². The SMILES string of the molecule is Cn1nc(Cl)c(=O)cc1NC1(C)CC1. The second-order valence-electron chi connectivity index (χ2n) is 3.99. The van der Waals surface area contributed by atoms with Crippen molar-refractivity contribution in [2.24, 2.45) is 7.05 Å². The van der Waals surface area contributed by atoms with Crippen molar-refractivity contribution < 1.29 is 0 Å². The minimum Gasteiger partial charge on any atom is -0.365 e. The monoisotopic (exact) mass is 213 g/mol. The number of halogens is 1. The molecule has 4 nitrogen and oxygen atoms in total. The van der Waals surface area contributed by atoms with Crippen molar-refractivity contribution in [3.05, 3.63) is 21.4 Å². The average molecular weight is 214 g/mol. The summed E-state index contributed by atoms with van der Waals surface area (Å²) in [5.74, 6) is 0.722. The number of hydrogen-bond acceptors (Lipinski definition) is 3. The summed E-state index contributed by atoms with van der Waals surface area (Å²) in [6.45, 7) is 2.12. The third kappa shape index (κ3) is 1.75. The van der Waals surface area contributed by atoms with E-state index in [1.165, 1.54) is 6.07 Å². The second kappa shape index (κ2) is 2.98. The van der Waals surface area contributed by atoms with Crippen LogP contribution in [-0.4, -0.2) is 15.3 Å². The fourth-order valence-electron chi connectivity index (χ4n) is 1.25. The zero-order valence-electron chi connectivity index (χ0n) is 8.17. The third-order valence-corrected chi connectivity index (χ3v) is 2.75. The molecular formula is C9H12ClN3O. The summed E-state index contributed by atoms with van der Waals surface area (Å²) < 4.78 is 1.59. The van der Waals surface area contributed by atoms with E-state index in [9.17, 15) is 4.79 Å². The van der Waals surface area contributed by atoms with Crippen LogP contribution in [0.5, 0.6) is 0 Å². The van der Waals surface area contributed by atoms with Gasteiger partial charge in [0.25, 0.3) is 0 Å². The van der Waals surface area contributed by atoms with E-state index in [-0.39, 0.29) is 16.1 Å². The van der Waals surface area contributed by atoms with Crippen molar-refractivity contribution in [2.45, 2.75) is 25.3 Å². The van der Waals surface area contributed by atoms with E-state index >= 15 is 0 Å². The van der Waals surface area contributed by atoms with Gasteiger partial charge in [0.2, 0.25) is 5.43 Å². The van der Waals surface area contributed by atoms with Crippen LogP contribution in [0.25, 0.3) is 0 Å². The van der Waals surface area contributed by atoms with Gasteiger partial charge in [-0.1, -0.05) is 11.6 Å². The van der Waals surface area contributed by atoms with Gasteiger partial charge in [-0.3, -0.25) is 9.48 Å². The highest BCUT2D eigenvalue weighted by Crippen LogP contribution is 2.37. The first-order valence-corrected chi connectivity index (χ1v) is 4.90. The number of aromatic nitrogens is 2. The Morgan fingerprint density at radius 2 is 2.29 bits per heavy atom. The highest BCUT2D eigenvalue weighted by Gasteiger charge is 2.37. The lowest BCUT2D eigenvalue weighted by molar-refractivity contribution is 0.711. The van der Waals surface area contributed by atoms with Gasteiger partial charge in [-0.15, -0.1) is 0 Å². The van der Waals surface area contributed by atoms with Crippen molar-refractivity contribution >= 4 is 17.4 Å². The van der Waals surface area contributed by atoms with Gasteiger partial charge >= 0.3 is 0 Å². The predicted molar refractivity (Wildman–Crippen MR) is 55.7 cm³/mol. The summed E-state index contributed by atoms with van der Waals surface area (Å²) in [5, 5.41) is 7.18. The Morgan fingerprint density at radius 3 is 2.86 bits per heavy atom. The summed E-state index contributed by atoms with van der Waals surface area (Å²) in [7, 11) is 1.76. The maximum atomic E-state index is 11.3. The Morgan fingerprint density at radius 1 is 1.64 bits per heavy atom. The molecule has 0 saturated heterocycles. The van der Waals surface area contributed by atoms with Crippen molar-refractivity contribution in [2.75, 3.05) is 5.32 Å². The number of hydrogen-bond donors (Lipinski definition) is 1. The third-order valence-electron chi connectivity index (χ3n) is 2.49. The summed E-state index contributed by atoms with van der Waals surface area (Å²) in [4.78, 5) is 11.3. The lowest BCUT2D eigenvalue weighted by Gasteiger charge is -2.15. The summed E-state index contributed by atoms with van der Waals surface area (Å²) in [6.07, 6.45) is 2.26. The first-order valence-electron chi connectivity index (χ1n) is 4.52. The Labute approximate surface area is 86.9 Å². The molecule has 1 N–H and O–H groups in total. The molecule has 1 aliphatic carbocycles. The molecule has 2 rings (SSSR count). The summed E-state index contributed by atoms with van der Waals surface area (Å²) in [6, 6.07) is 1.49. The van der Waals surface area contributed by atoms with E-state index < -0.39 is 0 Å². The highest BCUT2D eigenvalue weighted by atomic mass is 35.5. The van der Waals surface area contributed by atoms with E-state index in [2.05, 4.69) is 17.3 Å². The molecule has 5 heteroatoms. The van der Waals surface area contributed by atoms with Crippen LogP contribution in [0.15, 0.2) is 10.9 Å². The van der Waals surface area contributed by atoms with Crippen LogP contribution in [0.3, 0.4) is 0 Å². The van der Waals surface area contributed by atoms with Crippen LogP contribution in [-0.2, 0) is 7.05 Å². The average Bonchev–Trinajstić information content (AvgIpc) is 2.80. The first-order chi connectivity index (χ1) is 6.50. The van der Waals surface area contributed by atoms with E-state index in [1.54, 1.807) is 11.7 Å². The molecule has 0 aliphatic heterocycles. The van der Waals surface area contributed by atoms with Gasteiger partial charge in [-0.25, -0.2) is 0 Å². The van der Waals surface area contributed by atoms with Crippen LogP contribution in [0.1, 0.15) is 19.8 Å². The molecule has 14 heavy (non-hydrogen) atoms. The van der Waals surface area contributed by atoms with Gasteiger partial charge in [-0.05, 0) is 19.8 Å². The molecule has 1 fully saturated rings. The van der Waals surface area contributed by atoms with Gasteiger partial charge in [0.15, 0.2) is 5.15 Å². The minimum absolute atomic E-state index is 0.0130. The molecule has 1 heterocycles. The van der Waals surface area contributed by atoms with E-state index in [0.717, 1.165) is 18.7 Å². The van der Waals surface area contributed by atoms with Crippen LogP contribution in [0.4, 0.5) is 5.82 Å². The number of anilines is 1. The maximum absolute atomic E-state index is 11.3. The van der Waals surface area contributed by atoms with Gasteiger partial charge in [-0.2, -0.15) is 5.10 Å². The zero-order valence-corrected chi connectivity index (χ0v) is 8.93. The largest absolute Gasteiger partial charge is 0.365 e. The Hall–Kier alpha value is -1.03. The molecule has 76 valence electrons. The molecule has 0 aromatic carbocycles. The quantitative estimate of drug-likeness (QED) is 0.808. The highest BCUT2D eigenvalue weighted by molar-refractivity contribution is 6.29. The lowest BCUT2D eigenvalue weighted by atomic mass is 10.3. The topological polar surface area (TPSA) is 46.9 Å². The van der Waals surface area contributed by atoms with Gasteiger partial charge in [0.05, 0.1) is 0 Å². The molecule has 0 radical (unpaired) electrons. The molecule has 0 unspecified atom stereocenters. The Bertz CT molecular complexity index is 423. The molecular weight excluding hydrogens is 202 g/mol. The van der Waals surface area contributed by atoms with Gasteiger partial charge in [0.1, 0.15) is 5.82 Å². The minimum atomic E-state index is -0.239. The number of aryl methyl sites for hydroxylation is 1. The number of rotatable bonds is 2. The van der Waals surface area contributed by atoms with Crippen molar-refractivity contribution in [1.82, 2.24) is 9.78 Å².